The van der Waals surface area contributed by atoms with Crippen LogP contribution in [0.5, 0.6) is 5.88 Å². The molecule has 0 radical (unpaired) electrons. The molecular weight excluding hydrogens is 396 g/mol. The number of imidazole rings is 1. The smallest absolute Gasteiger partial charge is 0.260 e. The summed E-state index contributed by atoms with van der Waals surface area (Å²) in [6.45, 7) is 5.53. The van der Waals surface area contributed by atoms with Gasteiger partial charge in [0.1, 0.15) is 5.52 Å². The molecule has 4 heterocycles. The molecule has 0 aliphatic carbocycles. The van der Waals surface area contributed by atoms with E-state index in [0.717, 1.165) is 42.9 Å². The molecule has 2 N–H and O–H groups in total. The number of carbonyl (C=O) groups is 1. The van der Waals surface area contributed by atoms with Crippen LogP contribution in [0.15, 0.2) is 36.8 Å². The number of aryl methyl sites for hydroxylation is 1. The van der Waals surface area contributed by atoms with Crippen LogP contribution in [0.2, 0.25) is 0 Å². The lowest BCUT2D eigenvalue weighted by Crippen LogP contribution is -2.43. The van der Waals surface area contributed by atoms with Gasteiger partial charge in [0.25, 0.3) is 11.8 Å². The molecule has 1 amide bonds. The molecule has 0 unspecified atom stereocenters. The second-order valence-electron chi connectivity index (χ2n) is 7.37. The summed E-state index contributed by atoms with van der Waals surface area (Å²) in [5.41, 5.74) is 3.47. The van der Waals surface area contributed by atoms with E-state index in [9.17, 15) is 4.79 Å². The number of hydrogen-bond acceptors (Lipinski definition) is 8. The van der Waals surface area contributed by atoms with Gasteiger partial charge in [-0.15, -0.1) is 5.10 Å². The SMILES string of the molecule is COc1nc(NC(=O)c2ccc(N3CCNCC3)c3ccnnc23)cn2cc(C)nc12. The average Bonchev–Trinajstić information content (AvgIpc) is 3.18. The Morgan fingerprint density at radius 2 is 2.00 bits per heavy atom. The zero-order valence-electron chi connectivity index (χ0n) is 17.3. The van der Waals surface area contributed by atoms with Gasteiger partial charge in [0.2, 0.25) is 5.65 Å². The third kappa shape index (κ3) is 3.50. The van der Waals surface area contributed by atoms with Crippen molar-refractivity contribution in [3.05, 3.63) is 48.0 Å². The molecule has 1 fully saturated rings. The predicted octanol–water partition coefficient (Wildman–Crippen LogP) is 1.65. The van der Waals surface area contributed by atoms with E-state index in [0.29, 0.717) is 28.4 Å². The third-order valence-electron chi connectivity index (χ3n) is 5.32. The molecule has 1 saturated heterocycles. The molecule has 1 aliphatic heterocycles. The first-order valence-electron chi connectivity index (χ1n) is 10.1. The standard InChI is InChI=1S/C21H22N8O2/c1-13-11-29-12-17(26-21(31-2)19(29)24-13)25-20(30)15-3-4-16(28-9-7-22-8-10-28)14-5-6-23-27-18(14)15/h3-6,11-12,22H,7-10H2,1-2H3,(H,25,30). The van der Waals surface area contributed by atoms with Crippen molar-refractivity contribution in [3.63, 3.8) is 0 Å². The first kappa shape index (κ1) is 19.2. The van der Waals surface area contributed by atoms with Gasteiger partial charge < -0.3 is 20.3 Å². The fourth-order valence-corrected chi connectivity index (χ4v) is 3.91. The summed E-state index contributed by atoms with van der Waals surface area (Å²) in [6.07, 6.45) is 5.20. The Morgan fingerprint density at radius 3 is 2.81 bits per heavy atom. The summed E-state index contributed by atoms with van der Waals surface area (Å²) in [7, 11) is 1.52. The van der Waals surface area contributed by atoms with Gasteiger partial charge in [-0.1, -0.05) is 0 Å². The molecule has 0 saturated carbocycles. The zero-order chi connectivity index (χ0) is 21.4. The molecule has 31 heavy (non-hydrogen) atoms. The van der Waals surface area contributed by atoms with Crippen LogP contribution in [0.3, 0.4) is 0 Å². The number of rotatable bonds is 4. The lowest BCUT2D eigenvalue weighted by atomic mass is 10.1. The summed E-state index contributed by atoms with van der Waals surface area (Å²) >= 11 is 0. The van der Waals surface area contributed by atoms with Crippen molar-refractivity contribution < 1.29 is 9.53 Å². The van der Waals surface area contributed by atoms with Crippen molar-refractivity contribution in [2.45, 2.75) is 6.92 Å². The lowest BCUT2D eigenvalue weighted by Gasteiger charge is -2.30. The maximum absolute atomic E-state index is 13.1. The number of benzene rings is 1. The van der Waals surface area contributed by atoms with Gasteiger partial charge >= 0.3 is 0 Å². The van der Waals surface area contributed by atoms with E-state index in [1.165, 1.54) is 7.11 Å². The van der Waals surface area contributed by atoms with Gasteiger partial charge in [-0.3, -0.25) is 9.20 Å². The van der Waals surface area contributed by atoms with Crippen molar-refractivity contribution in [1.82, 2.24) is 29.9 Å². The van der Waals surface area contributed by atoms with Gasteiger partial charge in [0.05, 0.1) is 30.8 Å². The molecular formula is C21H22N8O2. The largest absolute Gasteiger partial charge is 0.478 e. The Kier molecular flexibility index (Phi) is 4.83. The number of fused-ring (bicyclic) bond motifs is 2. The zero-order valence-corrected chi connectivity index (χ0v) is 17.3. The predicted molar refractivity (Wildman–Crippen MR) is 117 cm³/mol. The van der Waals surface area contributed by atoms with Crippen LogP contribution >= 0.6 is 0 Å². The monoisotopic (exact) mass is 418 g/mol. The van der Waals surface area contributed by atoms with Gasteiger partial charge in [-0.2, -0.15) is 10.1 Å². The number of carbonyl (C=O) groups excluding carboxylic acids is 1. The van der Waals surface area contributed by atoms with Crippen LogP contribution in [0, 0.1) is 6.92 Å². The number of hydrogen-bond donors (Lipinski definition) is 2. The maximum atomic E-state index is 13.1. The number of ether oxygens (including phenoxy) is 1. The summed E-state index contributed by atoms with van der Waals surface area (Å²) in [5, 5.41) is 15.4. The Balaban J connectivity index is 1.51. The summed E-state index contributed by atoms with van der Waals surface area (Å²) in [5.74, 6) is 0.377. The molecule has 10 heteroatoms. The summed E-state index contributed by atoms with van der Waals surface area (Å²) < 4.78 is 7.12. The van der Waals surface area contributed by atoms with Crippen LogP contribution in [-0.2, 0) is 0 Å². The Bertz CT molecular complexity index is 1280. The van der Waals surface area contributed by atoms with Crippen LogP contribution in [-0.4, -0.2) is 63.8 Å². The number of methoxy groups -OCH3 is 1. The first-order valence-corrected chi connectivity index (χ1v) is 10.1. The minimum absolute atomic E-state index is 0.317. The minimum Gasteiger partial charge on any atom is -0.478 e. The van der Waals surface area contributed by atoms with Crippen molar-refractivity contribution in [1.29, 1.82) is 0 Å². The number of aromatic nitrogens is 5. The van der Waals surface area contributed by atoms with E-state index in [-0.39, 0.29) is 5.91 Å². The fraction of sp³-hybridized carbons (Fsp3) is 0.286. The van der Waals surface area contributed by atoms with Gasteiger partial charge in [0.15, 0.2) is 5.82 Å². The third-order valence-corrected chi connectivity index (χ3v) is 5.32. The molecule has 3 aromatic heterocycles. The van der Waals surface area contributed by atoms with E-state index >= 15 is 0 Å². The van der Waals surface area contributed by atoms with E-state index in [2.05, 4.69) is 35.7 Å². The highest BCUT2D eigenvalue weighted by Gasteiger charge is 2.19. The highest BCUT2D eigenvalue weighted by molar-refractivity contribution is 6.13. The second kappa shape index (κ2) is 7.80. The van der Waals surface area contributed by atoms with Crippen molar-refractivity contribution in [2.75, 3.05) is 43.5 Å². The Hall–Kier alpha value is -3.79. The molecule has 1 aromatic carbocycles. The second-order valence-corrected chi connectivity index (χ2v) is 7.37. The molecule has 1 aliphatic rings. The number of nitrogens with zero attached hydrogens (tertiary/aromatic N) is 6. The topological polar surface area (TPSA) is 110 Å². The lowest BCUT2D eigenvalue weighted by molar-refractivity contribution is 0.102. The average molecular weight is 418 g/mol. The molecule has 158 valence electrons. The minimum atomic E-state index is -0.317. The highest BCUT2D eigenvalue weighted by Crippen LogP contribution is 2.29. The van der Waals surface area contributed by atoms with Crippen LogP contribution in [0.1, 0.15) is 16.1 Å². The number of amides is 1. The molecule has 4 aromatic rings. The van der Waals surface area contributed by atoms with E-state index in [1.54, 1.807) is 22.9 Å². The van der Waals surface area contributed by atoms with E-state index in [1.807, 2.05) is 25.3 Å². The number of piperazine rings is 1. The Morgan fingerprint density at radius 1 is 1.16 bits per heavy atom. The molecule has 0 atom stereocenters. The Labute approximate surface area is 178 Å². The van der Waals surface area contributed by atoms with Crippen molar-refractivity contribution in [3.8, 4) is 5.88 Å². The van der Waals surface area contributed by atoms with Crippen molar-refractivity contribution >= 4 is 34.0 Å². The normalized spacial score (nSPS) is 14.2. The first-order chi connectivity index (χ1) is 15.1. The fourth-order valence-electron chi connectivity index (χ4n) is 3.91. The van der Waals surface area contributed by atoms with E-state index < -0.39 is 0 Å². The number of nitrogens with one attached hydrogen (secondary N) is 2. The van der Waals surface area contributed by atoms with Crippen molar-refractivity contribution in [2.24, 2.45) is 0 Å². The van der Waals surface area contributed by atoms with Gasteiger partial charge in [-0.25, -0.2) is 4.98 Å². The molecule has 10 nitrogen and oxygen atoms in total. The molecule has 5 rings (SSSR count). The molecule has 0 bridgehead atoms. The van der Waals surface area contributed by atoms with Crippen LogP contribution in [0.4, 0.5) is 11.5 Å². The maximum Gasteiger partial charge on any atom is 0.260 e. The quantitative estimate of drug-likeness (QED) is 0.515. The van der Waals surface area contributed by atoms with Crippen LogP contribution < -0.4 is 20.3 Å². The van der Waals surface area contributed by atoms with Crippen LogP contribution in [0.25, 0.3) is 16.6 Å². The number of anilines is 2. The van der Waals surface area contributed by atoms with E-state index in [4.69, 9.17) is 4.74 Å². The summed E-state index contributed by atoms with van der Waals surface area (Å²) in [6, 6.07) is 5.67. The van der Waals surface area contributed by atoms with Gasteiger partial charge in [-0.05, 0) is 25.1 Å². The molecule has 0 spiro atoms. The summed E-state index contributed by atoms with van der Waals surface area (Å²) in [4.78, 5) is 24.2. The van der Waals surface area contributed by atoms with Gasteiger partial charge in [0, 0.05) is 43.4 Å². The highest BCUT2D eigenvalue weighted by atomic mass is 16.5.